The van der Waals surface area contributed by atoms with Crippen LogP contribution in [0.4, 0.5) is 11.4 Å². The van der Waals surface area contributed by atoms with Crippen molar-refractivity contribution in [3.8, 4) is 17.3 Å². The van der Waals surface area contributed by atoms with E-state index >= 15 is 0 Å². The molecule has 0 atom stereocenters. The normalized spacial score (nSPS) is 14.8. The van der Waals surface area contributed by atoms with Crippen molar-refractivity contribution >= 4 is 24.0 Å². The number of allylic oxidation sites excluding steroid dienone is 2. The molecular formula is C26H31N7O3. The first kappa shape index (κ1) is 26.5. The average Bonchev–Trinajstić information content (AvgIpc) is 2.87. The van der Waals surface area contributed by atoms with Crippen molar-refractivity contribution in [3.63, 3.8) is 0 Å². The Morgan fingerprint density at radius 3 is 2.64 bits per heavy atom. The Morgan fingerprint density at radius 2 is 2.03 bits per heavy atom. The fourth-order valence-corrected chi connectivity index (χ4v) is 3.73. The number of rotatable bonds is 7. The van der Waals surface area contributed by atoms with E-state index in [2.05, 4.69) is 33.2 Å². The molecule has 3 heterocycles. The minimum absolute atomic E-state index is 0.188. The van der Waals surface area contributed by atoms with Gasteiger partial charge in [0, 0.05) is 37.0 Å². The molecule has 0 radical (unpaired) electrons. The van der Waals surface area contributed by atoms with Crippen LogP contribution in [0.5, 0.6) is 0 Å². The maximum Gasteiger partial charge on any atom is 0.290 e. The van der Waals surface area contributed by atoms with Gasteiger partial charge in [-0.15, -0.1) is 0 Å². The van der Waals surface area contributed by atoms with E-state index in [9.17, 15) is 14.9 Å². The molecule has 10 nitrogen and oxygen atoms in total. The number of nitrogens with zero attached hydrogens (tertiary/aromatic N) is 6. The van der Waals surface area contributed by atoms with E-state index in [1.165, 1.54) is 4.68 Å². The Balaban J connectivity index is 1.94. The number of morpholine rings is 1. The molecule has 1 amide bonds. The zero-order chi connectivity index (χ0) is 26.5. The molecule has 1 aliphatic rings. The summed E-state index contributed by atoms with van der Waals surface area (Å²) in [6, 6.07) is 5.70. The molecule has 0 bridgehead atoms. The Bertz CT molecular complexity index is 1330. The summed E-state index contributed by atoms with van der Waals surface area (Å²) >= 11 is 0. The Labute approximate surface area is 210 Å². The quantitative estimate of drug-likeness (QED) is 0.360. The number of hydrogen-bond donors (Lipinski definition) is 1. The smallest absolute Gasteiger partial charge is 0.290 e. The van der Waals surface area contributed by atoms with Gasteiger partial charge in [-0.3, -0.25) is 19.6 Å². The predicted molar refractivity (Wildman–Crippen MR) is 140 cm³/mol. The highest BCUT2D eigenvalue weighted by Crippen LogP contribution is 2.28. The molecule has 1 N–H and O–H groups in total. The monoisotopic (exact) mass is 489 g/mol. The minimum Gasteiger partial charge on any atom is -0.378 e. The summed E-state index contributed by atoms with van der Waals surface area (Å²) in [5.41, 5.74) is 2.60. The molecule has 36 heavy (non-hydrogen) atoms. The Kier molecular flexibility index (Phi) is 8.17. The van der Waals surface area contributed by atoms with Gasteiger partial charge in [-0.25, -0.2) is 4.68 Å². The number of anilines is 2. The summed E-state index contributed by atoms with van der Waals surface area (Å²) in [5.74, 6) is -0.383. The van der Waals surface area contributed by atoms with Crippen LogP contribution in [0.1, 0.15) is 26.5 Å². The van der Waals surface area contributed by atoms with Gasteiger partial charge >= 0.3 is 0 Å². The molecule has 2 aromatic rings. The number of aromatic nitrogens is 3. The lowest BCUT2D eigenvalue weighted by molar-refractivity contribution is -0.112. The maximum atomic E-state index is 13.0. The van der Waals surface area contributed by atoms with Gasteiger partial charge in [0.15, 0.2) is 0 Å². The van der Waals surface area contributed by atoms with Gasteiger partial charge in [-0.05, 0) is 52.6 Å². The summed E-state index contributed by atoms with van der Waals surface area (Å²) in [6.07, 6.45) is 4.75. The third-order valence-electron chi connectivity index (χ3n) is 5.97. The topological polar surface area (TPSA) is 126 Å². The number of pyridine rings is 1. The summed E-state index contributed by atoms with van der Waals surface area (Å²) in [5, 5.41) is 16.7. The third-order valence-corrected chi connectivity index (χ3v) is 5.97. The third kappa shape index (κ3) is 5.75. The van der Waals surface area contributed by atoms with Crippen LogP contribution in [0.25, 0.3) is 11.3 Å². The van der Waals surface area contributed by atoms with Crippen LogP contribution in [-0.4, -0.2) is 53.7 Å². The highest BCUT2D eigenvalue weighted by atomic mass is 16.5. The molecule has 10 heteroatoms. The number of ether oxygens (including phenoxy) is 1. The molecular weight excluding hydrogens is 458 g/mol. The molecule has 2 aromatic heterocycles. The summed E-state index contributed by atoms with van der Waals surface area (Å²) in [6.45, 7) is 12.9. The second-order valence-corrected chi connectivity index (χ2v) is 8.92. The van der Waals surface area contributed by atoms with Crippen molar-refractivity contribution in [1.82, 2.24) is 14.8 Å². The number of aryl methyl sites for hydroxylation is 2. The zero-order valence-electron chi connectivity index (χ0n) is 21.3. The first-order valence-corrected chi connectivity index (χ1v) is 11.6. The molecule has 0 saturated carbocycles. The Morgan fingerprint density at radius 1 is 1.33 bits per heavy atom. The largest absolute Gasteiger partial charge is 0.378 e. The predicted octanol–water partition coefficient (Wildman–Crippen LogP) is 3.01. The number of carbonyl (C=O) groups excluding carboxylic acids is 1. The second-order valence-electron chi connectivity index (χ2n) is 8.92. The fraction of sp³-hybridized carbons (Fsp3) is 0.385. The van der Waals surface area contributed by atoms with Crippen LogP contribution in [-0.2, 0) is 16.6 Å². The van der Waals surface area contributed by atoms with E-state index in [0.29, 0.717) is 65.9 Å². The molecule has 1 saturated heterocycles. The van der Waals surface area contributed by atoms with Crippen molar-refractivity contribution in [2.75, 3.05) is 36.5 Å². The van der Waals surface area contributed by atoms with Crippen LogP contribution in [0.2, 0.25) is 0 Å². The molecule has 1 fully saturated rings. The number of hydrogen-bond acceptors (Lipinski definition) is 8. The highest BCUT2D eigenvalue weighted by molar-refractivity contribution is 6.06. The number of nitrogens with one attached hydrogen (secondary N) is 1. The first-order valence-electron chi connectivity index (χ1n) is 11.6. The van der Waals surface area contributed by atoms with E-state index in [4.69, 9.17) is 4.74 Å². The van der Waals surface area contributed by atoms with Gasteiger partial charge in [-0.2, -0.15) is 10.4 Å². The van der Waals surface area contributed by atoms with E-state index in [0.717, 1.165) is 0 Å². The highest BCUT2D eigenvalue weighted by Gasteiger charge is 2.24. The molecule has 0 unspecified atom stereocenters. The minimum atomic E-state index is -0.901. The van der Waals surface area contributed by atoms with Gasteiger partial charge in [0.05, 0.1) is 48.0 Å². The van der Waals surface area contributed by atoms with Crippen LogP contribution in [0.3, 0.4) is 0 Å². The van der Waals surface area contributed by atoms with Crippen molar-refractivity contribution in [1.29, 1.82) is 5.26 Å². The summed E-state index contributed by atoms with van der Waals surface area (Å²) in [7, 11) is 1.61. The van der Waals surface area contributed by atoms with E-state index in [1.807, 2.05) is 11.8 Å². The maximum absolute atomic E-state index is 13.0. The van der Waals surface area contributed by atoms with E-state index in [-0.39, 0.29) is 11.5 Å². The lowest BCUT2D eigenvalue weighted by atomic mass is 9.90. The van der Waals surface area contributed by atoms with Crippen LogP contribution in [0.15, 0.2) is 51.5 Å². The second kappa shape index (κ2) is 11.1. The number of aliphatic imine (C=N–C) groups is 1. The lowest BCUT2D eigenvalue weighted by Crippen LogP contribution is -2.40. The summed E-state index contributed by atoms with van der Waals surface area (Å²) < 4.78 is 6.73. The molecule has 0 spiro atoms. The molecule has 0 aliphatic carbocycles. The average molecular weight is 490 g/mol. The van der Waals surface area contributed by atoms with Gasteiger partial charge in [0.2, 0.25) is 0 Å². The molecule has 3 rings (SSSR count). The van der Waals surface area contributed by atoms with Crippen LogP contribution in [0, 0.1) is 23.7 Å². The van der Waals surface area contributed by atoms with Gasteiger partial charge < -0.3 is 15.0 Å². The van der Waals surface area contributed by atoms with Crippen LogP contribution >= 0.6 is 0 Å². The van der Waals surface area contributed by atoms with Gasteiger partial charge in [0.1, 0.15) is 5.69 Å². The molecule has 1 aliphatic heterocycles. The van der Waals surface area contributed by atoms with Gasteiger partial charge in [0.25, 0.3) is 11.5 Å². The van der Waals surface area contributed by atoms with Gasteiger partial charge in [-0.1, -0.05) is 6.08 Å². The SMILES string of the molecule is C=N/C(=C\C(=C/C)C(=O)Nc1cnc(C)c(-c2cc(N3CCOCC3)c(=O)n(C)n2)c1)C(C)(C)C#N. The standard InChI is InChI=1S/C26H31N7O3/c1-7-18(12-23(28-5)26(3,4)16-27)24(34)30-19-13-20(17(2)29-15-19)21-14-22(25(35)32(6)31-21)33-8-10-36-11-9-33/h7,12-15H,5,8-11H2,1-4,6H3,(H,30,34)/b18-7+,23-12-. The number of nitriles is 1. The molecule has 188 valence electrons. The lowest BCUT2D eigenvalue weighted by Gasteiger charge is -2.28. The van der Waals surface area contributed by atoms with Crippen molar-refractivity contribution in [2.24, 2.45) is 17.5 Å². The van der Waals surface area contributed by atoms with Crippen molar-refractivity contribution < 1.29 is 9.53 Å². The zero-order valence-corrected chi connectivity index (χ0v) is 21.3. The summed E-state index contributed by atoms with van der Waals surface area (Å²) in [4.78, 5) is 36.2. The fourth-order valence-electron chi connectivity index (χ4n) is 3.73. The first-order chi connectivity index (χ1) is 17.1. The molecule has 0 aromatic carbocycles. The van der Waals surface area contributed by atoms with Crippen molar-refractivity contribution in [3.05, 3.63) is 57.8 Å². The Hall–Kier alpha value is -4.10. The number of carbonyl (C=O) groups is 1. The van der Waals surface area contributed by atoms with E-state index < -0.39 is 5.41 Å². The number of amides is 1. The van der Waals surface area contributed by atoms with E-state index in [1.54, 1.807) is 58.3 Å². The van der Waals surface area contributed by atoms with Crippen molar-refractivity contribution in [2.45, 2.75) is 27.7 Å². The van der Waals surface area contributed by atoms with Crippen LogP contribution < -0.4 is 15.8 Å².